The highest BCUT2D eigenvalue weighted by molar-refractivity contribution is 14.0. The molecule has 1 amide bonds. The van der Waals surface area contributed by atoms with Gasteiger partial charge >= 0.3 is 0 Å². The van der Waals surface area contributed by atoms with Gasteiger partial charge in [-0.2, -0.15) is 0 Å². The number of rotatable bonds is 9. The summed E-state index contributed by atoms with van der Waals surface area (Å²) in [6.45, 7) is 13.3. The van der Waals surface area contributed by atoms with Crippen molar-refractivity contribution in [3.05, 3.63) is 35.4 Å². The first kappa shape index (κ1) is 26.9. The third kappa shape index (κ3) is 8.86. The topological polar surface area (TPSA) is 69.2 Å². The minimum absolute atomic E-state index is 0. The van der Waals surface area contributed by atoms with Gasteiger partial charge in [0.1, 0.15) is 0 Å². The van der Waals surface area contributed by atoms with Crippen LogP contribution in [0.25, 0.3) is 0 Å². The van der Waals surface area contributed by atoms with Crippen LogP contribution in [0.5, 0.6) is 0 Å². The number of nitrogens with zero attached hydrogens (tertiary/aromatic N) is 3. The number of halogens is 1. The van der Waals surface area contributed by atoms with Crippen LogP contribution in [0.1, 0.15) is 51.2 Å². The van der Waals surface area contributed by atoms with E-state index in [1.54, 1.807) is 0 Å². The summed E-state index contributed by atoms with van der Waals surface area (Å²) in [7, 11) is 0. The first-order valence-corrected chi connectivity index (χ1v) is 11.8. The highest BCUT2D eigenvalue weighted by atomic mass is 127. The number of aliphatic imine (C=N–C) groups is 1. The molecule has 2 heterocycles. The Morgan fingerprint density at radius 2 is 1.81 bits per heavy atom. The van der Waals surface area contributed by atoms with E-state index >= 15 is 0 Å². The van der Waals surface area contributed by atoms with Gasteiger partial charge in [0.25, 0.3) is 0 Å². The molecule has 32 heavy (non-hydrogen) atoms. The molecule has 2 N–H and O–H groups in total. The van der Waals surface area contributed by atoms with E-state index in [9.17, 15) is 4.79 Å². The highest BCUT2D eigenvalue weighted by Crippen LogP contribution is 2.15. The lowest BCUT2D eigenvalue weighted by molar-refractivity contribution is -0.127. The second-order valence-electron chi connectivity index (χ2n) is 8.73. The first-order valence-electron chi connectivity index (χ1n) is 11.8. The van der Waals surface area contributed by atoms with Gasteiger partial charge in [-0.25, -0.2) is 4.99 Å². The summed E-state index contributed by atoms with van der Waals surface area (Å²) >= 11 is 0. The molecule has 0 radical (unpaired) electrons. The van der Waals surface area contributed by atoms with E-state index in [-0.39, 0.29) is 24.0 Å². The molecule has 8 heteroatoms. The third-order valence-electron chi connectivity index (χ3n) is 5.76. The van der Waals surface area contributed by atoms with Crippen LogP contribution in [-0.2, 0) is 22.6 Å². The quantitative estimate of drug-likeness (QED) is 0.212. The summed E-state index contributed by atoms with van der Waals surface area (Å²) in [5.41, 5.74) is 2.53. The van der Waals surface area contributed by atoms with Crippen molar-refractivity contribution < 1.29 is 9.53 Å². The van der Waals surface area contributed by atoms with E-state index in [1.165, 1.54) is 11.1 Å². The summed E-state index contributed by atoms with van der Waals surface area (Å²) in [6, 6.07) is 8.77. The van der Waals surface area contributed by atoms with Gasteiger partial charge in [0.2, 0.25) is 5.91 Å². The summed E-state index contributed by atoms with van der Waals surface area (Å²) in [5.74, 6) is 1.12. The SMILES string of the molecule is CCNC(=NCc1ccc(CN2CC(C)OC(C)C2)cc1)NCCCN1CCCC1=O.I. The molecule has 1 aromatic rings. The van der Waals surface area contributed by atoms with Crippen molar-refractivity contribution in [1.29, 1.82) is 0 Å². The van der Waals surface area contributed by atoms with Crippen molar-refractivity contribution in [2.45, 2.75) is 65.3 Å². The predicted octanol–water partition coefficient (Wildman–Crippen LogP) is 2.98. The number of benzene rings is 1. The van der Waals surface area contributed by atoms with Crippen molar-refractivity contribution in [3.63, 3.8) is 0 Å². The zero-order valence-electron chi connectivity index (χ0n) is 19.8. The molecule has 1 aromatic carbocycles. The Hall–Kier alpha value is -1.39. The van der Waals surface area contributed by atoms with Crippen LogP contribution in [0.15, 0.2) is 29.3 Å². The fourth-order valence-corrected chi connectivity index (χ4v) is 4.35. The molecule has 2 atom stereocenters. The maximum absolute atomic E-state index is 11.7. The van der Waals surface area contributed by atoms with Crippen LogP contribution in [0.3, 0.4) is 0 Å². The number of morpholine rings is 1. The lowest BCUT2D eigenvalue weighted by Gasteiger charge is -2.35. The monoisotopic (exact) mass is 557 g/mol. The van der Waals surface area contributed by atoms with Gasteiger partial charge in [-0.3, -0.25) is 9.69 Å². The molecular weight excluding hydrogens is 517 g/mol. The number of nitrogens with one attached hydrogen (secondary N) is 2. The van der Waals surface area contributed by atoms with Gasteiger partial charge in [-0.15, -0.1) is 24.0 Å². The Bertz CT molecular complexity index is 718. The number of amides is 1. The fraction of sp³-hybridized carbons (Fsp3) is 0.667. The lowest BCUT2D eigenvalue weighted by Crippen LogP contribution is -2.44. The van der Waals surface area contributed by atoms with E-state index in [4.69, 9.17) is 9.73 Å². The lowest BCUT2D eigenvalue weighted by atomic mass is 10.1. The van der Waals surface area contributed by atoms with E-state index in [0.29, 0.717) is 31.1 Å². The van der Waals surface area contributed by atoms with Crippen LogP contribution in [0, 0.1) is 0 Å². The number of ether oxygens (including phenoxy) is 1. The van der Waals surface area contributed by atoms with Crippen LogP contribution in [0.4, 0.5) is 0 Å². The zero-order chi connectivity index (χ0) is 22.1. The largest absolute Gasteiger partial charge is 0.373 e. The highest BCUT2D eigenvalue weighted by Gasteiger charge is 2.22. The second kappa shape index (κ2) is 14.0. The van der Waals surface area contributed by atoms with Gasteiger partial charge in [-0.05, 0) is 44.7 Å². The minimum atomic E-state index is 0. The van der Waals surface area contributed by atoms with Crippen molar-refractivity contribution >= 4 is 35.8 Å². The third-order valence-corrected chi connectivity index (χ3v) is 5.76. The van der Waals surface area contributed by atoms with Gasteiger partial charge in [0, 0.05) is 52.2 Å². The van der Waals surface area contributed by atoms with Gasteiger partial charge in [0.15, 0.2) is 5.96 Å². The van der Waals surface area contributed by atoms with Crippen molar-refractivity contribution in [1.82, 2.24) is 20.4 Å². The summed E-state index contributed by atoms with van der Waals surface area (Å²) in [4.78, 5) is 20.8. The maximum Gasteiger partial charge on any atom is 0.222 e. The van der Waals surface area contributed by atoms with Crippen LogP contribution in [-0.4, -0.2) is 73.1 Å². The Morgan fingerprint density at radius 3 is 2.44 bits per heavy atom. The number of guanidine groups is 1. The normalized spacial score (nSPS) is 22.0. The van der Waals surface area contributed by atoms with Gasteiger partial charge in [0.05, 0.1) is 18.8 Å². The van der Waals surface area contributed by atoms with Crippen LogP contribution in [0.2, 0.25) is 0 Å². The van der Waals surface area contributed by atoms with Crippen LogP contribution >= 0.6 is 24.0 Å². The van der Waals surface area contributed by atoms with E-state index in [2.05, 4.69) is 60.6 Å². The molecular formula is C24H40IN5O2. The predicted molar refractivity (Wildman–Crippen MR) is 140 cm³/mol. The van der Waals surface area contributed by atoms with E-state index in [0.717, 1.165) is 64.6 Å². The Kier molecular flexibility index (Phi) is 11.7. The molecule has 2 unspecified atom stereocenters. The number of carbonyl (C=O) groups is 1. The molecule has 0 aromatic heterocycles. The second-order valence-corrected chi connectivity index (χ2v) is 8.73. The Morgan fingerprint density at radius 1 is 1.12 bits per heavy atom. The summed E-state index contributed by atoms with van der Waals surface area (Å²) in [5, 5.41) is 6.69. The molecule has 2 saturated heterocycles. The average Bonchev–Trinajstić information content (AvgIpc) is 3.14. The summed E-state index contributed by atoms with van der Waals surface area (Å²) < 4.78 is 5.83. The zero-order valence-corrected chi connectivity index (χ0v) is 22.1. The molecule has 0 spiro atoms. The average molecular weight is 558 g/mol. The maximum atomic E-state index is 11.7. The molecule has 3 rings (SSSR count). The van der Waals surface area contributed by atoms with Crippen molar-refractivity contribution in [2.24, 2.45) is 4.99 Å². The number of likely N-dealkylation sites (tertiary alicyclic amines) is 1. The Balaban J connectivity index is 0.00000363. The standard InChI is InChI=1S/C24H39N5O2.HI/c1-4-25-24(26-12-6-14-29-13-5-7-23(29)30)27-15-21-8-10-22(11-9-21)18-28-16-19(2)31-20(3)17-28;/h8-11,19-20H,4-7,12-18H2,1-3H3,(H2,25,26,27);1H. The van der Waals surface area contributed by atoms with Crippen LogP contribution < -0.4 is 10.6 Å². The number of hydrogen-bond acceptors (Lipinski definition) is 4. The van der Waals surface area contributed by atoms with Gasteiger partial charge < -0.3 is 20.3 Å². The molecule has 0 saturated carbocycles. The fourth-order valence-electron chi connectivity index (χ4n) is 4.35. The van der Waals surface area contributed by atoms with E-state index in [1.807, 2.05) is 4.90 Å². The molecule has 7 nitrogen and oxygen atoms in total. The Labute approximate surface area is 210 Å². The first-order chi connectivity index (χ1) is 15.0. The molecule has 0 aliphatic carbocycles. The van der Waals surface area contributed by atoms with E-state index < -0.39 is 0 Å². The van der Waals surface area contributed by atoms with Crippen molar-refractivity contribution in [3.8, 4) is 0 Å². The molecule has 2 fully saturated rings. The van der Waals surface area contributed by atoms with Gasteiger partial charge in [-0.1, -0.05) is 24.3 Å². The molecule has 2 aliphatic heterocycles. The number of hydrogen-bond donors (Lipinski definition) is 2. The summed E-state index contributed by atoms with van der Waals surface area (Å²) in [6.07, 6.45) is 3.24. The number of carbonyl (C=O) groups excluding carboxylic acids is 1. The smallest absolute Gasteiger partial charge is 0.222 e. The molecule has 2 aliphatic rings. The molecule has 180 valence electrons. The molecule has 0 bridgehead atoms. The minimum Gasteiger partial charge on any atom is -0.373 e. The van der Waals surface area contributed by atoms with Crippen molar-refractivity contribution in [2.75, 3.05) is 39.3 Å².